The molecule has 1 aromatic heterocycles. The van der Waals surface area contributed by atoms with Crippen LogP contribution in [0.4, 0.5) is 4.39 Å². The number of nitrogens with zero attached hydrogens (tertiary/aromatic N) is 2. The fraction of sp³-hybridized carbons (Fsp3) is 0.0625. The lowest BCUT2D eigenvalue weighted by atomic mass is 10.1. The Balaban J connectivity index is 1.90. The van der Waals surface area contributed by atoms with Crippen molar-refractivity contribution < 1.29 is 4.39 Å². The van der Waals surface area contributed by atoms with E-state index >= 15 is 0 Å². The fourth-order valence-corrected chi connectivity index (χ4v) is 2.42. The normalized spacial score (nSPS) is 12.3. The van der Waals surface area contributed by atoms with E-state index in [1.807, 2.05) is 36.5 Å². The van der Waals surface area contributed by atoms with Crippen LogP contribution in [0.2, 0.25) is 5.02 Å². The van der Waals surface area contributed by atoms with Crippen LogP contribution in [0, 0.1) is 5.82 Å². The Labute approximate surface area is 131 Å². The molecular weight excluding hydrogens is 310 g/mol. The molecule has 0 fully saturated rings. The summed E-state index contributed by atoms with van der Waals surface area (Å²) in [7, 11) is 0. The minimum absolute atomic E-state index is 0.0857. The van der Waals surface area contributed by atoms with Crippen molar-refractivity contribution in [1.29, 1.82) is 0 Å². The molecule has 0 aliphatic carbocycles. The zero-order valence-electron chi connectivity index (χ0n) is 10.9. The summed E-state index contributed by atoms with van der Waals surface area (Å²) in [5, 5.41) is 3.89. The molecule has 0 aliphatic rings. The number of halogens is 3. The number of benzene rings is 2. The second-order valence-corrected chi connectivity index (χ2v) is 5.43. The van der Waals surface area contributed by atoms with Crippen LogP contribution >= 0.6 is 23.2 Å². The number of hydrogen-bond donors (Lipinski definition) is 0. The van der Waals surface area contributed by atoms with Gasteiger partial charge in [-0.15, -0.1) is 11.6 Å². The second-order valence-electron chi connectivity index (χ2n) is 4.59. The highest BCUT2D eigenvalue weighted by atomic mass is 35.5. The Morgan fingerprint density at radius 1 is 1.05 bits per heavy atom. The molecule has 0 radical (unpaired) electrons. The number of alkyl halides is 1. The van der Waals surface area contributed by atoms with Gasteiger partial charge < -0.3 is 0 Å². The van der Waals surface area contributed by atoms with E-state index in [0.29, 0.717) is 5.56 Å². The van der Waals surface area contributed by atoms with Crippen LogP contribution in [0.25, 0.3) is 5.69 Å². The van der Waals surface area contributed by atoms with E-state index in [9.17, 15) is 4.39 Å². The van der Waals surface area contributed by atoms with E-state index in [1.54, 1.807) is 16.9 Å². The van der Waals surface area contributed by atoms with Crippen LogP contribution in [-0.2, 0) is 0 Å². The first-order chi connectivity index (χ1) is 10.1. The number of para-hydroxylation sites is 1. The van der Waals surface area contributed by atoms with Crippen molar-refractivity contribution in [2.75, 3.05) is 0 Å². The highest BCUT2D eigenvalue weighted by molar-refractivity contribution is 6.30. The molecule has 21 heavy (non-hydrogen) atoms. The highest BCUT2D eigenvalue weighted by Gasteiger charge is 2.15. The predicted octanol–water partition coefficient (Wildman–Crippen LogP) is 4.99. The Morgan fingerprint density at radius 2 is 1.81 bits per heavy atom. The molecule has 2 nitrogen and oxygen atoms in total. The van der Waals surface area contributed by atoms with Gasteiger partial charge in [-0.1, -0.05) is 35.9 Å². The summed E-state index contributed by atoms with van der Waals surface area (Å²) < 4.78 is 15.2. The second kappa shape index (κ2) is 5.88. The van der Waals surface area contributed by atoms with Gasteiger partial charge in [0.05, 0.1) is 22.3 Å². The van der Waals surface area contributed by atoms with Gasteiger partial charge in [0.15, 0.2) is 0 Å². The Morgan fingerprint density at radius 3 is 2.52 bits per heavy atom. The van der Waals surface area contributed by atoms with Gasteiger partial charge in [0.25, 0.3) is 0 Å². The van der Waals surface area contributed by atoms with Crippen LogP contribution in [0.15, 0.2) is 60.9 Å². The first-order valence-corrected chi connectivity index (χ1v) is 7.15. The number of aromatic nitrogens is 2. The smallest absolute Gasteiger partial charge is 0.142 e. The van der Waals surface area contributed by atoms with Gasteiger partial charge >= 0.3 is 0 Å². The summed E-state index contributed by atoms with van der Waals surface area (Å²) in [5.41, 5.74) is 2.38. The van der Waals surface area contributed by atoms with Crippen molar-refractivity contribution in [3.8, 4) is 5.69 Å². The van der Waals surface area contributed by atoms with Gasteiger partial charge in [-0.2, -0.15) is 5.10 Å². The average molecular weight is 321 g/mol. The summed E-state index contributed by atoms with van der Waals surface area (Å²) in [5.74, 6) is -0.477. The van der Waals surface area contributed by atoms with Crippen LogP contribution in [0.1, 0.15) is 16.5 Å². The van der Waals surface area contributed by atoms with Crippen molar-refractivity contribution >= 4 is 23.2 Å². The van der Waals surface area contributed by atoms with Crippen molar-refractivity contribution in [2.24, 2.45) is 0 Å². The minimum atomic E-state index is -0.478. The van der Waals surface area contributed by atoms with Crippen molar-refractivity contribution in [3.63, 3.8) is 0 Å². The fourth-order valence-electron chi connectivity index (χ4n) is 2.05. The van der Waals surface area contributed by atoms with E-state index in [1.165, 1.54) is 12.1 Å². The third kappa shape index (κ3) is 2.94. The summed E-state index contributed by atoms with van der Waals surface area (Å²) in [6.45, 7) is 0. The van der Waals surface area contributed by atoms with Crippen LogP contribution < -0.4 is 0 Å². The van der Waals surface area contributed by atoms with Gasteiger partial charge in [0.2, 0.25) is 0 Å². The van der Waals surface area contributed by atoms with E-state index in [-0.39, 0.29) is 5.02 Å². The molecule has 2 aromatic carbocycles. The number of hydrogen-bond acceptors (Lipinski definition) is 1. The predicted molar refractivity (Wildman–Crippen MR) is 82.7 cm³/mol. The van der Waals surface area contributed by atoms with Crippen LogP contribution in [0.3, 0.4) is 0 Å². The van der Waals surface area contributed by atoms with Gasteiger partial charge in [0, 0.05) is 11.8 Å². The van der Waals surface area contributed by atoms with Gasteiger partial charge in [-0.05, 0) is 29.8 Å². The maximum Gasteiger partial charge on any atom is 0.142 e. The third-order valence-electron chi connectivity index (χ3n) is 3.15. The topological polar surface area (TPSA) is 17.8 Å². The van der Waals surface area contributed by atoms with Gasteiger partial charge in [-0.3, -0.25) is 0 Å². The van der Waals surface area contributed by atoms with E-state index in [2.05, 4.69) is 5.10 Å². The summed E-state index contributed by atoms with van der Waals surface area (Å²) in [6.07, 6.45) is 3.51. The van der Waals surface area contributed by atoms with E-state index < -0.39 is 11.2 Å². The molecule has 1 heterocycles. The van der Waals surface area contributed by atoms with Crippen molar-refractivity contribution in [3.05, 3.63) is 82.9 Å². The Hall–Kier alpha value is -1.84. The van der Waals surface area contributed by atoms with Crippen molar-refractivity contribution in [2.45, 2.75) is 5.38 Å². The molecular formula is C16H11Cl2FN2. The molecule has 0 N–H and O–H groups in total. The van der Waals surface area contributed by atoms with E-state index in [0.717, 1.165) is 11.3 Å². The molecule has 0 aliphatic heterocycles. The monoisotopic (exact) mass is 320 g/mol. The lowest BCUT2D eigenvalue weighted by Gasteiger charge is -2.08. The zero-order valence-corrected chi connectivity index (χ0v) is 12.4. The molecule has 0 bridgehead atoms. The standard InChI is InChI=1S/C16H11Cl2FN2/c17-14-7-6-11(8-15(14)19)16(18)12-9-20-21(10-12)13-4-2-1-3-5-13/h1-10,16H. The molecule has 5 heteroatoms. The zero-order chi connectivity index (χ0) is 14.8. The average Bonchev–Trinajstić information content (AvgIpc) is 3.00. The van der Waals surface area contributed by atoms with Crippen LogP contribution in [0.5, 0.6) is 0 Å². The molecule has 0 saturated heterocycles. The van der Waals surface area contributed by atoms with E-state index in [4.69, 9.17) is 23.2 Å². The first-order valence-electron chi connectivity index (χ1n) is 6.34. The summed E-state index contributed by atoms with van der Waals surface area (Å²) in [4.78, 5) is 0. The maximum atomic E-state index is 13.5. The minimum Gasteiger partial charge on any atom is -0.241 e. The molecule has 0 amide bonds. The van der Waals surface area contributed by atoms with Crippen molar-refractivity contribution in [1.82, 2.24) is 9.78 Å². The van der Waals surface area contributed by atoms with Crippen LogP contribution in [-0.4, -0.2) is 9.78 Å². The Bertz CT molecular complexity index is 756. The molecule has 0 saturated carbocycles. The summed E-state index contributed by atoms with van der Waals surface area (Å²) >= 11 is 12.1. The summed E-state index contributed by atoms with van der Waals surface area (Å²) in [6, 6.07) is 14.3. The molecule has 106 valence electrons. The molecule has 3 rings (SSSR count). The maximum absolute atomic E-state index is 13.5. The highest BCUT2D eigenvalue weighted by Crippen LogP contribution is 2.30. The van der Waals surface area contributed by atoms with Gasteiger partial charge in [0.1, 0.15) is 5.82 Å². The number of rotatable bonds is 3. The quantitative estimate of drug-likeness (QED) is 0.621. The SMILES string of the molecule is Fc1cc(C(Cl)c2cnn(-c3ccccc3)c2)ccc1Cl. The molecule has 0 spiro atoms. The lowest BCUT2D eigenvalue weighted by Crippen LogP contribution is -1.95. The molecule has 1 unspecified atom stereocenters. The Kier molecular flexibility index (Phi) is 3.95. The largest absolute Gasteiger partial charge is 0.241 e. The molecule has 1 atom stereocenters. The van der Waals surface area contributed by atoms with Gasteiger partial charge in [-0.25, -0.2) is 9.07 Å². The molecule has 3 aromatic rings. The first kappa shape index (κ1) is 14.1. The third-order valence-corrected chi connectivity index (χ3v) is 3.96. The lowest BCUT2D eigenvalue weighted by molar-refractivity contribution is 0.626.